The average molecular weight is 273 g/mol. The van der Waals surface area contributed by atoms with E-state index in [2.05, 4.69) is 10.5 Å². The van der Waals surface area contributed by atoms with Crippen LogP contribution in [0.3, 0.4) is 0 Å². The molecule has 7 heteroatoms. The molecular weight excluding hydrogens is 253 g/mol. The van der Waals surface area contributed by atoms with Gasteiger partial charge in [-0.2, -0.15) is 10.4 Å². The highest BCUT2D eigenvalue weighted by molar-refractivity contribution is 7.54. The molecule has 0 radical (unpaired) electrons. The summed E-state index contributed by atoms with van der Waals surface area (Å²) in [4.78, 5) is 0. The number of hydrazone groups is 1. The van der Waals surface area contributed by atoms with Crippen molar-refractivity contribution in [3.8, 4) is 6.07 Å². The van der Waals surface area contributed by atoms with Crippen LogP contribution in [0.15, 0.2) is 5.10 Å². The van der Waals surface area contributed by atoms with Crippen LogP contribution in [0.2, 0.25) is 0 Å². The third-order valence-corrected chi connectivity index (χ3v) is 5.07. The molecule has 0 spiro atoms. The van der Waals surface area contributed by atoms with E-state index in [1.807, 2.05) is 6.07 Å². The number of rotatable bonds is 5. The van der Waals surface area contributed by atoms with Gasteiger partial charge < -0.3 is 9.05 Å². The molecule has 1 aliphatic rings. The molecule has 1 rings (SSSR count). The van der Waals surface area contributed by atoms with E-state index in [1.165, 1.54) is 0 Å². The second-order valence-corrected chi connectivity index (χ2v) is 6.88. The highest BCUT2D eigenvalue weighted by Gasteiger charge is 2.46. The summed E-state index contributed by atoms with van der Waals surface area (Å²) in [5, 5.41) is 12.8. The van der Waals surface area contributed by atoms with Crippen molar-refractivity contribution in [2.75, 3.05) is 0 Å². The van der Waals surface area contributed by atoms with Gasteiger partial charge in [0.1, 0.15) is 11.8 Å². The summed E-state index contributed by atoms with van der Waals surface area (Å²) in [6, 6.07) is 1.98. The Balaban J connectivity index is 2.93. The van der Waals surface area contributed by atoms with Crippen molar-refractivity contribution in [1.82, 2.24) is 5.43 Å². The summed E-state index contributed by atoms with van der Waals surface area (Å²) >= 11 is 0. The van der Waals surface area contributed by atoms with Crippen LogP contribution in [-0.2, 0) is 13.6 Å². The van der Waals surface area contributed by atoms with Crippen LogP contribution in [0.5, 0.6) is 0 Å². The molecule has 1 aliphatic heterocycles. The third kappa shape index (κ3) is 3.32. The summed E-state index contributed by atoms with van der Waals surface area (Å²) < 4.78 is 23.8. The van der Waals surface area contributed by atoms with Crippen molar-refractivity contribution in [3.63, 3.8) is 0 Å². The largest absolute Gasteiger partial charge is 0.355 e. The maximum Gasteiger partial charge on any atom is 0.355 e. The Morgan fingerprint density at radius 1 is 1.33 bits per heavy atom. The summed E-state index contributed by atoms with van der Waals surface area (Å²) in [5.74, 6) is -0.893. The first-order valence-corrected chi connectivity index (χ1v) is 7.61. The zero-order chi connectivity index (χ0) is 13.9. The lowest BCUT2D eigenvalue weighted by atomic mass is 10.1. The molecule has 0 aromatic carbocycles. The Bertz CT molecular complexity index is 400. The third-order valence-electron chi connectivity index (χ3n) is 2.39. The quantitative estimate of drug-likeness (QED) is 0.778. The van der Waals surface area contributed by atoms with Crippen LogP contribution in [-0.4, -0.2) is 23.7 Å². The topological polar surface area (TPSA) is 83.7 Å². The van der Waals surface area contributed by atoms with Gasteiger partial charge in [-0.1, -0.05) is 6.92 Å². The van der Waals surface area contributed by atoms with Crippen molar-refractivity contribution in [2.45, 2.75) is 52.6 Å². The molecule has 2 atom stereocenters. The van der Waals surface area contributed by atoms with Gasteiger partial charge in [0.05, 0.1) is 12.2 Å². The lowest BCUT2D eigenvalue weighted by Crippen LogP contribution is -2.31. The molecule has 6 nitrogen and oxygen atoms in total. The van der Waals surface area contributed by atoms with Gasteiger partial charge >= 0.3 is 7.60 Å². The van der Waals surface area contributed by atoms with E-state index in [-0.39, 0.29) is 18.1 Å². The fraction of sp³-hybridized carbons (Fsp3) is 0.818. The smallest absolute Gasteiger partial charge is 0.304 e. The van der Waals surface area contributed by atoms with Gasteiger partial charge in [0.2, 0.25) is 0 Å². The van der Waals surface area contributed by atoms with E-state index >= 15 is 0 Å². The number of nitriles is 1. The van der Waals surface area contributed by atoms with Crippen LogP contribution in [0, 0.1) is 17.2 Å². The predicted octanol–water partition coefficient (Wildman–Crippen LogP) is 2.47. The molecule has 0 aliphatic carbocycles. The minimum absolute atomic E-state index is 0.227. The van der Waals surface area contributed by atoms with E-state index in [1.54, 1.807) is 34.6 Å². The van der Waals surface area contributed by atoms with Crippen molar-refractivity contribution < 1.29 is 13.6 Å². The zero-order valence-corrected chi connectivity index (χ0v) is 12.3. The van der Waals surface area contributed by atoms with E-state index in [0.29, 0.717) is 5.71 Å². The first-order valence-electron chi connectivity index (χ1n) is 6.00. The van der Waals surface area contributed by atoms with Crippen molar-refractivity contribution in [1.29, 1.82) is 5.26 Å². The molecule has 0 amide bonds. The molecule has 1 N–H and O–H groups in total. The highest BCUT2D eigenvalue weighted by atomic mass is 31.2. The minimum Gasteiger partial charge on any atom is -0.304 e. The van der Waals surface area contributed by atoms with Crippen molar-refractivity contribution >= 4 is 13.3 Å². The lowest BCUT2D eigenvalue weighted by molar-refractivity contribution is 0.132. The lowest BCUT2D eigenvalue weighted by Gasteiger charge is -2.29. The minimum atomic E-state index is -3.36. The van der Waals surface area contributed by atoms with Gasteiger partial charge in [-0.3, -0.25) is 9.99 Å². The molecule has 102 valence electrons. The molecule has 0 saturated carbocycles. The molecular formula is C11H20N3O3P. The van der Waals surface area contributed by atoms with Crippen molar-refractivity contribution in [3.05, 3.63) is 0 Å². The van der Waals surface area contributed by atoms with Gasteiger partial charge in [0.25, 0.3) is 0 Å². The maximum absolute atomic E-state index is 12.8. The first kappa shape index (κ1) is 15.2. The number of hydrogen-bond acceptors (Lipinski definition) is 6. The van der Waals surface area contributed by atoms with Crippen LogP contribution in [0.25, 0.3) is 0 Å². The summed E-state index contributed by atoms with van der Waals surface area (Å²) in [6.07, 6.45) is -0.454. The second kappa shape index (κ2) is 5.83. The molecule has 18 heavy (non-hydrogen) atoms. The van der Waals surface area contributed by atoms with Crippen LogP contribution in [0.1, 0.15) is 34.6 Å². The normalized spacial score (nSPS) is 24.0. The summed E-state index contributed by atoms with van der Waals surface area (Å²) in [5.41, 5.74) is 3.03. The Labute approximate surface area is 108 Å². The predicted molar refractivity (Wildman–Crippen MR) is 69.2 cm³/mol. The molecule has 0 aromatic rings. The molecule has 0 fully saturated rings. The molecule has 0 aromatic heterocycles. The Morgan fingerprint density at radius 2 is 1.83 bits per heavy atom. The zero-order valence-electron chi connectivity index (χ0n) is 11.4. The Kier molecular flexibility index (Phi) is 4.92. The highest BCUT2D eigenvalue weighted by Crippen LogP contribution is 2.57. The van der Waals surface area contributed by atoms with E-state index in [9.17, 15) is 4.57 Å². The summed E-state index contributed by atoms with van der Waals surface area (Å²) in [6.45, 7) is 8.96. The first-order chi connectivity index (χ1) is 8.30. The molecule has 0 unspecified atom stereocenters. The Hall–Kier alpha value is -0.890. The number of hydrogen-bond donors (Lipinski definition) is 1. The Morgan fingerprint density at radius 3 is 2.17 bits per heavy atom. The second-order valence-electron chi connectivity index (χ2n) is 4.82. The van der Waals surface area contributed by atoms with Gasteiger partial charge in [0.15, 0.2) is 5.78 Å². The number of nitrogens with one attached hydrogen (secondary N) is 1. The van der Waals surface area contributed by atoms with Crippen molar-refractivity contribution in [2.24, 2.45) is 11.0 Å². The van der Waals surface area contributed by atoms with Crippen LogP contribution < -0.4 is 5.43 Å². The maximum atomic E-state index is 12.8. The fourth-order valence-corrected chi connectivity index (χ4v) is 4.09. The van der Waals surface area contributed by atoms with Gasteiger partial charge in [-0.15, -0.1) is 0 Å². The fourth-order valence-electron chi connectivity index (χ4n) is 1.71. The SMILES string of the molecule is CC(C)OP(=O)(OC(C)C)[C@@H]1NN=C(C#N)[C@H]1C. The molecule has 0 bridgehead atoms. The van der Waals surface area contributed by atoms with E-state index in [0.717, 1.165) is 0 Å². The number of nitrogens with zero attached hydrogens (tertiary/aromatic N) is 2. The standard InChI is InChI=1S/C11H20N3O3P/c1-7(2)16-18(15,17-8(3)4)11-9(5)10(6-12)13-14-11/h7-9,11,14H,1-5H3/t9-,11+/m1/s1. The monoisotopic (exact) mass is 273 g/mol. The average Bonchev–Trinajstić information content (AvgIpc) is 2.57. The molecule has 0 saturated heterocycles. The summed E-state index contributed by atoms with van der Waals surface area (Å²) in [7, 11) is -3.36. The van der Waals surface area contributed by atoms with Crippen LogP contribution >= 0.6 is 7.60 Å². The van der Waals surface area contributed by atoms with E-state index in [4.69, 9.17) is 14.3 Å². The van der Waals surface area contributed by atoms with Gasteiger partial charge in [-0.05, 0) is 27.7 Å². The molecule has 1 heterocycles. The van der Waals surface area contributed by atoms with Crippen LogP contribution in [0.4, 0.5) is 0 Å². The van der Waals surface area contributed by atoms with Gasteiger partial charge in [-0.25, -0.2) is 0 Å². The van der Waals surface area contributed by atoms with E-state index < -0.39 is 13.4 Å². The van der Waals surface area contributed by atoms with Gasteiger partial charge in [0, 0.05) is 5.92 Å².